The zero-order chi connectivity index (χ0) is 14.6. The topological polar surface area (TPSA) is 86.7 Å². The van der Waals surface area contributed by atoms with Gasteiger partial charge in [-0.1, -0.05) is 12.8 Å². The van der Waals surface area contributed by atoms with E-state index in [0.717, 1.165) is 12.8 Å². The van der Waals surface area contributed by atoms with Gasteiger partial charge in [0.05, 0.1) is 24.7 Å². The number of rotatable bonds is 6. The summed E-state index contributed by atoms with van der Waals surface area (Å²) in [6, 6.07) is 0.132. The minimum atomic E-state index is -3.02. The van der Waals surface area contributed by atoms with Gasteiger partial charge in [0, 0.05) is 18.6 Å². The Labute approximate surface area is 120 Å². The van der Waals surface area contributed by atoms with Crippen molar-refractivity contribution in [2.75, 3.05) is 31.2 Å². The molecule has 1 heterocycles. The highest BCUT2D eigenvalue weighted by Gasteiger charge is 2.34. The summed E-state index contributed by atoms with van der Waals surface area (Å²) in [5.41, 5.74) is 0. The molecule has 20 heavy (non-hydrogen) atoms. The van der Waals surface area contributed by atoms with Crippen LogP contribution in [0.4, 0.5) is 0 Å². The monoisotopic (exact) mass is 304 g/mol. The molecule has 1 amide bonds. The van der Waals surface area contributed by atoms with Crippen LogP contribution in [0.15, 0.2) is 0 Å². The third-order valence-corrected chi connectivity index (χ3v) is 5.96. The van der Waals surface area contributed by atoms with Crippen LogP contribution in [0.2, 0.25) is 0 Å². The highest BCUT2D eigenvalue weighted by molar-refractivity contribution is 7.91. The standard InChI is InChI=1S/C13H24N2O4S/c16-7-6-15(12-5-8-20(18,19)10-12)13(17)9-14-11-3-1-2-4-11/h11-12,14,16H,1-10H2. The number of aliphatic hydroxyl groups excluding tert-OH is 1. The molecule has 2 aliphatic rings. The Morgan fingerprint density at radius 3 is 2.50 bits per heavy atom. The molecule has 2 rings (SSSR count). The van der Waals surface area contributed by atoms with Crippen molar-refractivity contribution in [1.82, 2.24) is 10.2 Å². The molecule has 1 aliphatic heterocycles. The molecule has 0 aromatic carbocycles. The summed E-state index contributed by atoms with van der Waals surface area (Å²) in [4.78, 5) is 13.8. The van der Waals surface area contributed by atoms with Crippen molar-refractivity contribution in [3.05, 3.63) is 0 Å². The van der Waals surface area contributed by atoms with E-state index in [1.165, 1.54) is 17.7 Å². The fourth-order valence-electron chi connectivity index (χ4n) is 3.10. The molecule has 0 radical (unpaired) electrons. The molecule has 1 saturated carbocycles. The molecular weight excluding hydrogens is 280 g/mol. The second-order valence-electron chi connectivity index (χ2n) is 5.73. The Bertz CT molecular complexity index is 432. The van der Waals surface area contributed by atoms with E-state index in [-0.39, 0.29) is 43.2 Å². The van der Waals surface area contributed by atoms with E-state index in [1.807, 2.05) is 0 Å². The van der Waals surface area contributed by atoms with E-state index in [4.69, 9.17) is 5.11 Å². The first-order valence-corrected chi connectivity index (χ1v) is 9.18. The average Bonchev–Trinajstić information content (AvgIpc) is 3.02. The molecule has 7 heteroatoms. The Hall–Kier alpha value is -0.660. The fraction of sp³-hybridized carbons (Fsp3) is 0.923. The lowest BCUT2D eigenvalue weighted by molar-refractivity contribution is -0.132. The number of hydrogen-bond acceptors (Lipinski definition) is 5. The Morgan fingerprint density at radius 2 is 1.95 bits per heavy atom. The SMILES string of the molecule is O=C(CNC1CCCC1)N(CCO)C1CCS(=O)(=O)C1. The molecular formula is C13H24N2O4S. The number of aliphatic hydroxyl groups is 1. The average molecular weight is 304 g/mol. The smallest absolute Gasteiger partial charge is 0.236 e. The molecule has 116 valence electrons. The van der Waals surface area contributed by atoms with Crippen molar-refractivity contribution in [3.63, 3.8) is 0 Å². The summed E-state index contributed by atoms with van der Waals surface area (Å²) < 4.78 is 23.0. The van der Waals surface area contributed by atoms with Gasteiger partial charge in [-0.15, -0.1) is 0 Å². The molecule has 0 aromatic rings. The molecule has 1 aliphatic carbocycles. The summed E-state index contributed by atoms with van der Waals surface area (Å²) in [7, 11) is -3.02. The summed E-state index contributed by atoms with van der Waals surface area (Å²) in [6.45, 7) is 0.318. The summed E-state index contributed by atoms with van der Waals surface area (Å²) in [6.07, 6.45) is 5.09. The summed E-state index contributed by atoms with van der Waals surface area (Å²) >= 11 is 0. The first-order valence-electron chi connectivity index (χ1n) is 7.36. The van der Waals surface area contributed by atoms with E-state index >= 15 is 0 Å². The number of carbonyl (C=O) groups is 1. The van der Waals surface area contributed by atoms with Gasteiger partial charge in [0.1, 0.15) is 0 Å². The van der Waals surface area contributed by atoms with Crippen molar-refractivity contribution in [3.8, 4) is 0 Å². The van der Waals surface area contributed by atoms with Crippen molar-refractivity contribution in [2.45, 2.75) is 44.2 Å². The van der Waals surface area contributed by atoms with Crippen LogP contribution in [0.1, 0.15) is 32.1 Å². The van der Waals surface area contributed by atoms with Gasteiger partial charge in [0.15, 0.2) is 9.84 Å². The highest BCUT2D eigenvalue weighted by Crippen LogP contribution is 2.19. The Morgan fingerprint density at radius 1 is 1.25 bits per heavy atom. The van der Waals surface area contributed by atoms with Gasteiger partial charge in [-0.25, -0.2) is 8.42 Å². The van der Waals surface area contributed by atoms with Gasteiger partial charge < -0.3 is 15.3 Å². The molecule has 6 nitrogen and oxygen atoms in total. The number of carbonyl (C=O) groups excluding carboxylic acids is 1. The maximum atomic E-state index is 12.2. The first-order chi connectivity index (χ1) is 9.52. The minimum Gasteiger partial charge on any atom is -0.395 e. The highest BCUT2D eigenvalue weighted by atomic mass is 32.2. The Kier molecular flexibility index (Phi) is 5.40. The molecule has 1 unspecified atom stereocenters. The largest absolute Gasteiger partial charge is 0.395 e. The number of sulfone groups is 1. The van der Waals surface area contributed by atoms with Crippen LogP contribution in [0.3, 0.4) is 0 Å². The van der Waals surface area contributed by atoms with Gasteiger partial charge in [0.25, 0.3) is 0 Å². The second kappa shape index (κ2) is 6.87. The van der Waals surface area contributed by atoms with Crippen LogP contribution in [0.5, 0.6) is 0 Å². The number of hydrogen-bond donors (Lipinski definition) is 2. The number of nitrogens with one attached hydrogen (secondary N) is 1. The lowest BCUT2D eigenvalue weighted by Crippen LogP contribution is -2.47. The Balaban J connectivity index is 1.88. The molecule has 2 fully saturated rings. The fourth-order valence-corrected chi connectivity index (χ4v) is 4.83. The third kappa shape index (κ3) is 4.17. The first kappa shape index (κ1) is 15.7. The van der Waals surface area contributed by atoms with Crippen molar-refractivity contribution >= 4 is 15.7 Å². The van der Waals surface area contributed by atoms with Gasteiger partial charge in [-0.3, -0.25) is 4.79 Å². The lowest BCUT2D eigenvalue weighted by Gasteiger charge is -2.28. The van der Waals surface area contributed by atoms with E-state index in [1.54, 1.807) is 0 Å². The zero-order valence-corrected chi connectivity index (χ0v) is 12.6. The van der Waals surface area contributed by atoms with Crippen LogP contribution in [0, 0.1) is 0 Å². The molecule has 1 saturated heterocycles. The van der Waals surface area contributed by atoms with Crippen LogP contribution in [-0.2, 0) is 14.6 Å². The molecule has 0 spiro atoms. The number of nitrogens with zero attached hydrogens (tertiary/aromatic N) is 1. The van der Waals surface area contributed by atoms with Gasteiger partial charge in [-0.05, 0) is 19.3 Å². The predicted octanol–water partition coefficient (Wildman–Crippen LogP) is -0.473. The van der Waals surface area contributed by atoms with Crippen LogP contribution < -0.4 is 5.32 Å². The van der Waals surface area contributed by atoms with Crippen LogP contribution in [0.25, 0.3) is 0 Å². The summed E-state index contributed by atoms with van der Waals surface area (Å²) in [5.74, 6) is 0.0681. The van der Waals surface area contributed by atoms with Crippen LogP contribution in [-0.4, -0.2) is 67.6 Å². The minimum absolute atomic E-state index is 0.0299. The van der Waals surface area contributed by atoms with Crippen molar-refractivity contribution in [1.29, 1.82) is 0 Å². The third-order valence-electron chi connectivity index (χ3n) is 4.21. The van der Waals surface area contributed by atoms with Gasteiger partial charge in [0.2, 0.25) is 5.91 Å². The summed E-state index contributed by atoms with van der Waals surface area (Å²) in [5, 5.41) is 12.3. The van der Waals surface area contributed by atoms with Crippen LogP contribution >= 0.6 is 0 Å². The van der Waals surface area contributed by atoms with Crippen molar-refractivity contribution in [2.24, 2.45) is 0 Å². The second-order valence-corrected chi connectivity index (χ2v) is 7.96. The quantitative estimate of drug-likeness (QED) is 0.692. The van der Waals surface area contributed by atoms with E-state index in [2.05, 4.69) is 5.32 Å². The molecule has 0 aromatic heterocycles. The normalized spacial score (nSPS) is 25.9. The van der Waals surface area contributed by atoms with E-state index in [9.17, 15) is 13.2 Å². The maximum absolute atomic E-state index is 12.2. The molecule has 0 bridgehead atoms. The zero-order valence-electron chi connectivity index (χ0n) is 11.8. The lowest BCUT2D eigenvalue weighted by atomic mass is 10.2. The molecule has 1 atom stereocenters. The van der Waals surface area contributed by atoms with Gasteiger partial charge in [-0.2, -0.15) is 0 Å². The van der Waals surface area contributed by atoms with Gasteiger partial charge >= 0.3 is 0 Å². The molecule has 2 N–H and O–H groups in total. The van der Waals surface area contributed by atoms with E-state index in [0.29, 0.717) is 12.5 Å². The van der Waals surface area contributed by atoms with E-state index < -0.39 is 9.84 Å². The number of amides is 1. The van der Waals surface area contributed by atoms with Crippen molar-refractivity contribution < 1.29 is 18.3 Å². The maximum Gasteiger partial charge on any atom is 0.236 e. The predicted molar refractivity (Wildman–Crippen MR) is 76.1 cm³/mol.